The van der Waals surface area contributed by atoms with E-state index < -0.39 is 0 Å². The first-order chi connectivity index (χ1) is 8.84. The SMILES string of the molecule is Cc1cc(N)ccc1-c1c(C)c(C)c(C)c(C)c1C. The maximum absolute atomic E-state index is 5.87. The van der Waals surface area contributed by atoms with Crippen LogP contribution in [-0.4, -0.2) is 0 Å². The maximum atomic E-state index is 5.87. The summed E-state index contributed by atoms with van der Waals surface area (Å²) in [6, 6.07) is 6.19. The van der Waals surface area contributed by atoms with E-state index in [0.717, 1.165) is 5.69 Å². The molecule has 1 heteroatoms. The smallest absolute Gasteiger partial charge is 0.0317 e. The monoisotopic (exact) mass is 253 g/mol. The Hall–Kier alpha value is -1.76. The highest BCUT2D eigenvalue weighted by atomic mass is 14.5. The lowest BCUT2D eigenvalue weighted by atomic mass is 9.85. The minimum absolute atomic E-state index is 0.831. The summed E-state index contributed by atoms with van der Waals surface area (Å²) in [5, 5.41) is 0. The minimum Gasteiger partial charge on any atom is -0.399 e. The Morgan fingerprint density at radius 3 is 1.63 bits per heavy atom. The van der Waals surface area contributed by atoms with Gasteiger partial charge >= 0.3 is 0 Å². The van der Waals surface area contributed by atoms with Crippen molar-refractivity contribution in [3.05, 3.63) is 51.6 Å². The van der Waals surface area contributed by atoms with Gasteiger partial charge in [-0.2, -0.15) is 0 Å². The van der Waals surface area contributed by atoms with Crippen molar-refractivity contribution in [1.29, 1.82) is 0 Å². The highest BCUT2D eigenvalue weighted by Gasteiger charge is 2.15. The molecule has 0 saturated carbocycles. The first kappa shape index (κ1) is 13.7. The fourth-order valence-corrected chi connectivity index (χ4v) is 2.87. The van der Waals surface area contributed by atoms with Crippen LogP contribution in [0.2, 0.25) is 0 Å². The molecule has 0 atom stereocenters. The van der Waals surface area contributed by atoms with E-state index in [1.807, 2.05) is 6.07 Å². The van der Waals surface area contributed by atoms with Crippen LogP contribution in [0.25, 0.3) is 11.1 Å². The third-order valence-corrected chi connectivity index (χ3v) is 4.52. The molecule has 0 saturated heterocycles. The van der Waals surface area contributed by atoms with Crippen LogP contribution in [0.15, 0.2) is 18.2 Å². The van der Waals surface area contributed by atoms with Crippen LogP contribution in [0.1, 0.15) is 33.4 Å². The molecule has 0 aromatic heterocycles. The molecule has 2 aromatic rings. The van der Waals surface area contributed by atoms with Crippen molar-refractivity contribution in [3.8, 4) is 11.1 Å². The normalized spacial score (nSPS) is 10.8. The second-order valence-electron chi connectivity index (χ2n) is 5.57. The molecule has 0 aliphatic rings. The van der Waals surface area contributed by atoms with Gasteiger partial charge in [0.25, 0.3) is 0 Å². The number of nitrogens with two attached hydrogens (primary N) is 1. The lowest BCUT2D eigenvalue weighted by Crippen LogP contribution is -2.00. The van der Waals surface area contributed by atoms with Gasteiger partial charge in [-0.3, -0.25) is 0 Å². The van der Waals surface area contributed by atoms with Crippen molar-refractivity contribution < 1.29 is 0 Å². The topological polar surface area (TPSA) is 26.0 Å². The van der Waals surface area contributed by atoms with E-state index in [4.69, 9.17) is 5.73 Å². The molecule has 1 nitrogen and oxygen atoms in total. The Bertz CT molecular complexity index is 622. The third-order valence-electron chi connectivity index (χ3n) is 4.52. The molecule has 100 valence electrons. The number of nitrogen functional groups attached to an aromatic ring is 1. The number of rotatable bonds is 1. The fourth-order valence-electron chi connectivity index (χ4n) is 2.87. The Kier molecular flexibility index (Phi) is 3.40. The quantitative estimate of drug-likeness (QED) is 0.727. The number of benzene rings is 2. The van der Waals surface area contributed by atoms with E-state index >= 15 is 0 Å². The number of aryl methyl sites for hydroxylation is 1. The molecular formula is C18H23N. The highest BCUT2D eigenvalue weighted by Crippen LogP contribution is 2.36. The third kappa shape index (κ3) is 2.14. The van der Waals surface area contributed by atoms with E-state index in [2.05, 4.69) is 53.7 Å². The number of hydrogen-bond acceptors (Lipinski definition) is 1. The Morgan fingerprint density at radius 1 is 0.684 bits per heavy atom. The van der Waals surface area contributed by atoms with Crippen LogP contribution >= 0.6 is 0 Å². The summed E-state index contributed by atoms with van der Waals surface area (Å²) < 4.78 is 0. The van der Waals surface area contributed by atoms with Gasteiger partial charge in [-0.05, 0) is 98.2 Å². The lowest BCUT2D eigenvalue weighted by Gasteiger charge is -2.20. The van der Waals surface area contributed by atoms with Crippen LogP contribution in [0.5, 0.6) is 0 Å². The molecule has 2 aromatic carbocycles. The van der Waals surface area contributed by atoms with E-state index in [1.165, 1.54) is 44.5 Å². The standard InChI is InChI=1S/C18H23N/c1-10-9-16(19)7-8-17(10)18-14(5)12(3)11(2)13(4)15(18)6/h7-9H,19H2,1-6H3. The average molecular weight is 253 g/mol. The molecule has 0 radical (unpaired) electrons. The molecule has 0 unspecified atom stereocenters. The zero-order valence-corrected chi connectivity index (χ0v) is 12.8. The molecular weight excluding hydrogens is 230 g/mol. The molecule has 0 fully saturated rings. The first-order valence-electron chi connectivity index (χ1n) is 6.78. The summed E-state index contributed by atoms with van der Waals surface area (Å²) in [6.45, 7) is 13.2. The summed E-state index contributed by atoms with van der Waals surface area (Å²) in [5.74, 6) is 0. The molecule has 19 heavy (non-hydrogen) atoms. The summed E-state index contributed by atoms with van der Waals surface area (Å²) in [7, 11) is 0. The second kappa shape index (κ2) is 4.73. The Morgan fingerprint density at radius 2 is 1.16 bits per heavy atom. The van der Waals surface area contributed by atoms with Gasteiger partial charge in [-0.25, -0.2) is 0 Å². The summed E-state index contributed by atoms with van der Waals surface area (Å²) in [6.07, 6.45) is 0. The van der Waals surface area contributed by atoms with E-state index in [9.17, 15) is 0 Å². The molecule has 2 rings (SSSR count). The fraction of sp³-hybridized carbons (Fsp3) is 0.333. The predicted molar refractivity (Wildman–Crippen MR) is 84.7 cm³/mol. The van der Waals surface area contributed by atoms with Crippen molar-refractivity contribution >= 4 is 5.69 Å². The van der Waals surface area contributed by atoms with Crippen LogP contribution in [0.3, 0.4) is 0 Å². The van der Waals surface area contributed by atoms with Gasteiger partial charge in [-0.1, -0.05) is 6.07 Å². The molecule has 2 N–H and O–H groups in total. The van der Waals surface area contributed by atoms with Crippen molar-refractivity contribution in [3.63, 3.8) is 0 Å². The van der Waals surface area contributed by atoms with Gasteiger partial charge in [0, 0.05) is 5.69 Å². The maximum Gasteiger partial charge on any atom is 0.0317 e. The molecule has 0 spiro atoms. The number of anilines is 1. The Labute approximate surface area is 116 Å². The van der Waals surface area contributed by atoms with Gasteiger partial charge in [0.1, 0.15) is 0 Å². The van der Waals surface area contributed by atoms with Crippen molar-refractivity contribution in [2.45, 2.75) is 41.5 Å². The zero-order chi connectivity index (χ0) is 14.3. The van der Waals surface area contributed by atoms with Crippen molar-refractivity contribution in [2.24, 2.45) is 0 Å². The van der Waals surface area contributed by atoms with Gasteiger partial charge in [0.15, 0.2) is 0 Å². The molecule has 0 heterocycles. The largest absolute Gasteiger partial charge is 0.399 e. The van der Waals surface area contributed by atoms with Crippen LogP contribution in [-0.2, 0) is 0 Å². The highest BCUT2D eigenvalue weighted by molar-refractivity contribution is 5.78. The van der Waals surface area contributed by atoms with Gasteiger partial charge < -0.3 is 5.73 Å². The van der Waals surface area contributed by atoms with Crippen LogP contribution < -0.4 is 5.73 Å². The van der Waals surface area contributed by atoms with Gasteiger partial charge in [0.2, 0.25) is 0 Å². The predicted octanol–water partition coefficient (Wildman–Crippen LogP) is 4.79. The summed E-state index contributed by atoms with van der Waals surface area (Å²) in [4.78, 5) is 0. The zero-order valence-electron chi connectivity index (χ0n) is 12.8. The summed E-state index contributed by atoms with van der Waals surface area (Å²) >= 11 is 0. The van der Waals surface area contributed by atoms with Crippen molar-refractivity contribution in [1.82, 2.24) is 0 Å². The second-order valence-corrected chi connectivity index (χ2v) is 5.57. The van der Waals surface area contributed by atoms with E-state index in [-0.39, 0.29) is 0 Å². The van der Waals surface area contributed by atoms with Crippen LogP contribution in [0, 0.1) is 41.5 Å². The first-order valence-corrected chi connectivity index (χ1v) is 6.78. The summed E-state index contributed by atoms with van der Waals surface area (Å²) in [5.41, 5.74) is 17.6. The van der Waals surface area contributed by atoms with E-state index in [1.54, 1.807) is 0 Å². The number of hydrogen-bond donors (Lipinski definition) is 1. The molecule has 0 aliphatic heterocycles. The van der Waals surface area contributed by atoms with Gasteiger partial charge in [-0.15, -0.1) is 0 Å². The molecule has 0 aliphatic carbocycles. The molecule has 0 bridgehead atoms. The van der Waals surface area contributed by atoms with Gasteiger partial charge in [0.05, 0.1) is 0 Å². The van der Waals surface area contributed by atoms with Crippen LogP contribution in [0.4, 0.5) is 5.69 Å². The average Bonchev–Trinajstić information content (AvgIpc) is 2.37. The van der Waals surface area contributed by atoms with E-state index in [0.29, 0.717) is 0 Å². The molecule has 0 amide bonds. The minimum atomic E-state index is 0.831. The van der Waals surface area contributed by atoms with Crippen molar-refractivity contribution in [2.75, 3.05) is 5.73 Å². The lowest BCUT2D eigenvalue weighted by molar-refractivity contribution is 1.17. The Balaban J connectivity index is 2.83.